The van der Waals surface area contributed by atoms with E-state index in [0.717, 1.165) is 11.4 Å². The molecule has 2 heterocycles. The Hall–Kier alpha value is -2.38. The Balaban J connectivity index is 1.85. The molecule has 0 aromatic carbocycles. The number of ether oxygens (including phenoxy) is 1. The SMILES string of the molecule is CC(C)(C)OC(=O)N1CCN(c2ccc(CC[N+](=O)[O-])cn2)CC1. The number of nitrogens with zero attached hydrogens (tertiary/aromatic N) is 4. The van der Waals surface area contributed by atoms with Crippen LogP contribution in [-0.4, -0.2) is 59.2 Å². The van der Waals surface area contributed by atoms with Gasteiger partial charge in [-0.2, -0.15) is 0 Å². The molecule has 1 aliphatic rings. The van der Waals surface area contributed by atoms with Crippen LogP contribution in [0.4, 0.5) is 10.6 Å². The number of amides is 1. The predicted octanol–water partition coefficient (Wildman–Crippen LogP) is 1.96. The van der Waals surface area contributed by atoms with Gasteiger partial charge in [0.15, 0.2) is 0 Å². The summed E-state index contributed by atoms with van der Waals surface area (Å²) in [5.41, 5.74) is 0.359. The van der Waals surface area contributed by atoms with E-state index in [1.165, 1.54) is 0 Å². The molecule has 0 radical (unpaired) electrons. The second kappa shape index (κ2) is 7.46. The highest BCUT2D eigenvalue weighted by Crippen LogP contribution is 2.16. The first-order valence-electron chi connectivity index (χ1n) is 8.04. The van der Waals surface area contributed by atoms with E-state index in [9.17, 15) is 14.9 Å². The van der Waals surface area contributed by atoms with Crippen molar-refractivity contribution in [1.29, 1.82) is 0 Å². The molecule has 1 aromatic heterocycles. The van der Waals surface area contributed by atoms with Crippen molar-refractivity contribution in [3.8, 4) is 0 Å². The Morgan fingerprint density at radius 2 is 1.96 bits per heavy atom. The molecule has 132 valence electrons. The van der Waals surface area contributed by atoms with Crippen LogP contribution in [0, 0.1) is 10.1 Å². The highest BCUT2D eigenvalue weighted by molar-refractivity contribution is 5.68. The second-order valence-electron chi connectivity index (χ2n) is 6.79. The highest BCUT2D eigenvalue weighted by atomic mass is 16.6. The van der Waals surface area contributed by atoms with Crippen LogP contribution in [0.5, 0.6) is 0 Å². The quantitative estimate of drug-likeness (QED) is 0.617. The van der Waals surface area contributed by atoms with E-state index < -0.39 is 5.60 Å². The normalized spacial score (nSPS) is 15.3. The number of anilines is 1. The maximum Gasteiger partial charge on any atom is 0.410 e. The summed E-state index contributed by atoms with van der Waals surface area (Å²) >= 11 is 0. The molecule has 0 saturated carbocycles. The van der Waals surface area contributed by atoms with E-state index in [1.807, 2.05) is 32.9 Å². The largest absolute Gasteiger partial charge is 0.444 e. The molecular formula is C16H24N4O4. The maximum absolute atomic E-state index is 12.0. The van der Waals surface area contributed by atoms with Gasteiger partial charge in [0.25, 0.3) is 0 Å². The third-order valence-electron chi connectivity index (χ3n) is 3.65. The minimum Gasteiger partial charge on any atom is -0.444 e. The van der Waals surface area contributed by atoms with Crippen molar-refractivity contribution in [2.45, 2.75) is 32.8 Å². The fourth-order valence-electron chi connectivity index (χ4n) is 2.42. The third-order valence-corrected chi connectivity index (χ3v) is 3.65. The van der Waals surface area contributed by atoms with Crippen LogP contribution in [0.15, 0.2) is 18.3 Å². The summed E-state index contributed by atoms with van der Waals surface area (Å²) in [6.45, 7) is 8.00. The molecule has 1 fully saturated rings. The molecule has 0 unspecified atom stereocenters. The van der Waals surface area contributed by atoms with Crippen LogP contribution >= 0.6 is 0 Å². The Kier molecular flexibility index (Phi) is 5.58. The van der Waals surface area contributed by atoms with E-state index in [-0.39, 0.29) is 17.6 Å². The lowest BCUT2D eigenvalue weighted by Gasteiger charge is -2.36. The smallest absolute Gasteiger partial charge is 0.410 e. The van der Waals surface area contributed by atoms with Gasteiger partial charge in [-0.3, -0.25) is 10.1 Å². The molecule has 24 heavy (non-hydrogen) atoms. The fraction of sp³-hybridized carbons (Fsp3) is 0.625. The summed E-state index contributed by atoms with van der Waals surface area (Å²) in [6.07, 6.45) is 1.77. The summed E-state index contributed by atoms with van der Waals surface area (Å²) in [5.74, 6) is 0.823. The zero-order chi connectivity index (χ0) is 17.7. The molecule has 0 atom stereocenters. The molecule has 1 saturated heterocycles. The summed E-state index contributed by atoms with van der Waals surface area (Å²) in [4.78, 5) is 30.3. The lowest BCUT2D eigenvalue weighted by molar-refractivity contribution is -0.479. The average molecular weight is 336 g/mol. The summed E-state index contributed by atoms with van der Waals surface area (Å²) in [5, 5.41) is 10.4. The number of hydrogen-bond acceptors (Lipinski definition) is 6. The molecule has 0 N–H and O–H groups in total. The third kappa shape index (κ3) is 5.36. The molecule has 1 amide bonds. The second-order valence-corrected chi connectivity index (χ2v) is 6.79. The van der Waals surface area contributed by atoms with Gasteiger partial charge in [-0.05, 0) is 32.4 Å². The Morgan fingerprint density at radius 1 is 1.29 bits per heavy atom. The first-order chi connectivity index (χ1) is 11.2. The lowest BCUT2D eigenvalue weighted by atomic mass is 10.2. The van der Waals surface area contributed by atoms with E-state index in [1.54, 1.807) is 11.1 Å². The number of aromatic nitrogens is 1. The minimum absolute atomic E-state index is 0.0877. The monoisotopic (exact) mass is 336 g/mol. The molecule has 1 aromatic rings. The maximum atomic E-state index is 12.0. The van der Waals surface area contributed by atoms with Crippen LogP contribution in [0.3, 0.4) is 0 Å². The van der Waals surface area contributed by atoms with Crippen LogP contribution in [-0.2, 0) is 11.2 Å². The van der Waals surface area contributed by atoms with Crippen molar-refractivity contribution < 1.29 is 14.5 Å². The van der Waals surface area contributed by atoms with Gasteiger partial charge in [0.2, 0.25) is 6.54 Å². The molecule has 0 bridgehead atoms. The summed E-state index contributed by atoms with van der Waals surface area (Å²) in [7, 11) is 0. The van der Waals surface area contributed by atoms with Gasteiger partial charge in [0.05, 0.1) is 0 Å². The van der Waals surface area contributed by atoms with Gasteiger partial charge in [-0.25, -0.2) is 9.78 Å². The highest BCUT2D eigenvalue weighted by Gasteiger charge is 2.26. The van der Waals surface area contributed by atoms with Crippen LogP contribution in [0.2, 0.25) is 0 Å². The lowest BCUT2D eigenvalue weighted by Crippen LogP contribution is -2.50. The van der Waals surface area contributed by atoms with Crippen LogP contribution in [0.1, 0.15) is 26.3 Å². The van der Waals surface area contributed by atoms with E-state index in [2.05, 4.69) is 9.88 Å². The Bertz CT molecular complexity index is 575. The van der Waals surface area contributed by atoms with E-state index in [0.29, 0.717) is 32.6 Å². The Labute approximate surface area is 141 Å². The topological polar surface area (TPSA) is 88.8 Å². The Morgan fingerprint density at radius 3 is 2.46 bits per heavy atom. The number of carbonyl (C=O) groups is 1. The molecular weight excluding hydrogens is 312 g/mol. The van der Waals surface area contributed by atoms with Crippen molar-refractivity contribution in [1.82, 2.24) is 9.88 Å². The van der Waals surface area contributed by atoms with Gasteiger partial charge in [-0.1, -0.05) is 6.07 Å². The first kappa shape index (κ1) is 18.0. The van der Waals surface area contributed by atoms with E-state index >= 15 is 0 Å². The molecule has 8 nitrogen and oxygen atoms in total. The number of hydrogen-bond donors (Lipinski definition) is 0. The fourth-order valence-corrected chi connectivity index (χ4v) is 2.42. The van der Waals surface area contributed by atoms with Crippen molar-refractivity contribution in [3.63, 3.8) is 0 Å². The summed E-state index contributed by atoms with van der Waals surface area (Å²) < 4.78 is 5.38. The summed E-state index contributed by atoms with van der Waals surface area (Å²) in [6, 6.07) is 3.74. The van der Waals surface area contributed by atoms with Crippen molar-refractivity contribution in [2.75, 3.05) is 37.6 Å². The number of pyridine rings is 1. The predicted molar refractivity (Wildman–Crippen MR) is 89.8 cm³/mol. The zero-order valence-corrected chi connectivity index (χ0v) is 14.4. The van der Waals surface area contributed by atoms with Crippen molar-refractivity contribution in [3.05, 3.63) is 34.0 Å². The molecule has 8 heteroatoms. The molecule has 2 rings (SSSR count). The average Bonchev–Trinajstić information content (AvgIpc) is 2.52. The standard InChI is InChI=1S/C16H24N4O4/c1-16(2,3)24-15(21)19-10-8-18(9-11-19)14-5-4-13(12-17-14)6-7-20(22)23/h4-5,12H,6-11H2,1-3H3. The van der Waals surface area contributed by atoms with Crippen LogP contribution < -0.4 is 4.90 Å². The van der Waals surface area contributed by atoms with Crippen molar-refractivity contribution in [2.24, 2.45) is 0 Å². The van der Waals surface area contributed by atoms with Crippen LogP contribution in [0.25, 0.3) is 0 Å². The number of rotatable bonds is 4. The van der Waals surface area contributed by atoms with Gasteiger partial charge < -0.3 is 14.5 Å². The minimum atomic E-state index is -0.491. The number of nitro groups is 1. The zero-order valence-electron chi connectivity index (χ0n) is 14.4. The molecule has 1 aliphatic heterocycles. The van der Waals surface area contributed by atoms with E-state index in [4.69, 9.17) is 4.74 Å². The van der Waals surface area contributed by atoms with Gasteiger partial charge in [-0.15, -0.1) is 0 Å². The number of piperazine rings is 1. The number of carbonyl (C=O) groups excluding carboxylic acids is 1. The van der Waals surface area contributed by atoms with Gasteiger partial charge >= 0.3 is 6.09 Å². The van der Waals surface area contributed by atoms with Gasteiger partial charge in [0, 0.05) is 43.7 Å². The van der Waals surface area contributed by atoms with Crippen molar-refractivity contribution >= 4 is 11.9 Å². The molecule has 0 spiro atoms. The molecule has 0 aliphatic carbocycles. The first-order valence-corrected chi connectivity index (χ1v) is 8.04. The van der Waals surface area contributed by atoms with Gasteiger partial charge in [0.1, 0.15) is 11.4 Å².